The number of nitrogens with one attached hydrogen (secondary N) is 2. The third kappa shape index (κ3) is 4.13. The number of ether oxygens (including phenoxy) is 1. The Labute approximate surface area is 212 Å². The molecular weight excluding hydrogens is 444 g/mol. The lowest BCUT2D eigenvalue weighted by atomic mass is 9.78. The van der Waals surface area contributed by atoms with E-state index in [4.69, 9.17) is 4.74 Å². The topological polar surface area (TPSA) is 50.4 Å². The van der Waals surface area contributed by atoms with E-state index in [9.17, 15) is 4.79 Å². The number of carbonyl (C=O) groups is 1. The summed E-state index contributed by atoms with van der Waals surface area (Å²) in [4.78, 5) is 13.9. The van der Waals surface area contributed by atoms with E-state index in [0.717, 1.165) is 46.8 Å². The van der Waals surface area contributed by atoms with Crippen LogP contribution in [0.15, 0.2) is 102 Å². The summed E-state index contributed by atoms with van der Waals surface area (Å²) in [5.74, 6) is 1.20. The lowest BCUT2D eigenvalue weighted by Crippen LogP contribution is -2.27. The Balaban J connectivity index is 1.42. The molecule has 2 atom stereocenters. The van der Waals surface area contributed by atoms with Gasteiger partial charge in [0.15, 0.2) is 5.78 Å². The van der Waals surface area contributed by atoms with Crippen LogP contribution < -0.4 is 15.4 Å². The molecule has 4 nitrogen and oxygen atoms in total. The molecule has 0 spiro atoms. The molecule has 2 unspecified atom stereocenters. The van der Waals surface area contributed by atoms with Gasteiger partial charge in [-0.25, -0.2) is 0 Å². The minimum atomic E-state index is -0.222. The number of hydrogen-bond donors (Lipinski definition) is 2. The molecule has 0 saturated heterocycles. The van der Waals surface area contributed by atoms with Crippen LogP contribution >= 0.6 is 0 Å². The first kappa shape index (κ1) is 22.4. The second-order valence-electron chi connectivity index (χ2n) is 9.65. The smallest absolute Gasteiger partial charge is 0.163 e. The Morgan fingerprint density at radius 3 is 2.42 bits per heavy atom. The van der Waals surface area contributed by atoms with Crippen molar-refractivity contribution in [1.82, 2.24) is 0 Å². The predicted octanol–water partition coefficient (Wildman–Crippen LogP) is 7.61. The van der Waals surface area contributed by atoms with Crippen molar-refractivity contribution >= 4 is 27.9 Å². The standard InChI is InChI=1S/C32H30N2O2/c1-2-18-36-24-16-14-21(15-17-24)23-19-29-31(30(35)20-23)32(34-28-13-6-5-12-27(28)33-29)26-11-7-9-22-8-3-4-10-25(22)26/h3-17,23,32-34H,2,18-20H2,1H3. The molecular formula is C32H30N2O2. The van der Waals surface area contributed by atoms with E-state index in [-0.39, 0.29) is 17.7 Å². The summed E-state index contributed by atoms with van der Waals surface area (Å²) in [6.07, 6.45) is 2.26. The maximum atomic E-state index is 13.9. The van der Waals surface area contributed by atoms with Crippen LogP contribution in [0, 0.1) is 0 Å². The van der Waals surface area contributed by atoms with E-state index < -0.39 is 0 Å². The maximum absolute atomic E-state index is 13.9. The van der Waals surface area contributed by atoms with Gasteiger partial charge in [-0.1, -0.05) is 73.7 Å². The van der Waals surface area contributed by atoms with E-state index in [1.165, 1.54) is 16.3 Å². The van der Waals surface area contributed by atoms with Crippen LogP contribution in [0.25, 0.3) is 10.8 Å². The molecule has 1 aliphatic carbocycles. The number of hydrogen-bond acceptors (Lipinski definition) is 4. The molecule has 0 amide bonds. The fourth-order valence-electron chi connectivity index (χ4n) is 5.52. The highest BCUT2D eigenvalue weighted by molar-refractivity contribution is 6.02. The van der Waals surface area contributed by atoms with Crippen molar-refractivity contribution in [1.29, 1.82) is 0 Å². The largest absolute Gasteiger partial charge is 0.494 e. The molecule has 0 radical (unpaired) electrons. The van der Waals surface area contributed by atoms with Crippen molar-refractivity contribution in [2.24, 2.45) is 0 Å². The maximum Gasteiger partial charge on any atom is 0.163 e. The van der Waals surface area contributed by atoms with E-state index in [0.29, 0.717) is 13.0 Å². The molecule has 1 aliphatic heterocycles. The number of Topliss-reactive ketones (excluding diaryl/α,β-unsaturated/α-hetero) is 1. The summed E-state index contributed by atoms with van der Waals surface area (Å²) >= 11 is 0. The fourth-order valence-corrected chi connectivity index (χ4v) is 5.52. The van der Waals surface area contributed by atoms with Gasteiger partial charge in [0, 0.05) is 17.7 Å². The first-order valence-electron chi connectivity index (χ1n) is 12.8. The minimum absolute atomic E-state index is 0.127. The van der Waals surface area contributed by atoms with Gasteiger partial charge in [0.1, 0.15) is 5.75 Å². The average Bonchev–Trinajstić information content (AvgIpc) is 3.09. The van der Waals surface area contributed by atoms with E-state index in [2.05, 4.69) is 84.3 Å². The quantitative estimate of drug-likeness (QED) is 0.313. The van der Waals surface area contributed by atoms with Crippen molar-refractivity contribution in [2.75, 3.05) is 17.2 Å². The van der Waals surface area contributed by atoms with Crippen LogP contribution in [0.3, 0.4) is 0 Å². The summed E-state index contributed by atoms with van der Waals surface area (Å²) in [5.41, 5.74) is 6.17. The van der Waals surface area contributed by atoms with Crippen molar-refractivity contribution < 1.29 is 9.53 Å². The summed E-state index contributed by atoms with van der Waals surface area (Å²) in [6.45, 7) is 2.81. The lowest BCUT2D eigenvalue weighted by molar-refractivity contribution is -0.116. The molecule has 0 bridgehead atoms. The first-order chi connectivity index (χ1) is 17.7. The minimum Gasteiger partial charge on any atom is -0.494 e. The van der Waals surface area contributed by atoms with Gasteiger partial charge < -0.3 is 15.4 Å². The molecule has 4 aromatic rings. The summed E-state index contributed by atoms with van der Waals surface area (Å²) in [5, 5.41) is 9.72. The number of benzene rings is 4. The molecule has 4 heteroatoms. The Bertz CT molecular complexity index is 1450. The van der Waals surface area contributed by atoms with Crippen molar-refractivity contribution in [3.63, 3.8) is 0 Å². The molecule has 0 saturated carbocycles. The van der Waals surface area contributed by atoms with Gasteiger partial charge in [-0.05, 0) is 64.9 Å². The highest BCUT2D eigenvalue weighted by Crippen LogP contribution is 2.45. The Kier molecular flexibility index (Phi) is 5.94. The monoisotopic (exact) mass is 474 g/mol. The summed E-state index contributed by atoms with van der Waals surface area (Å²) in [6, 6.07) is 31.0. The molecule has 1 heterocycles. The van der Waals surface area contributed by atoms with Crippen LogP contribution in [0.5, 0.6) is 5.75 Å². The second-order valence-corrected chi connectivity index (χ2v) is 9.65. The number of para-hydroxylation sites is 2. The number of rotatable bonds is 5. The van der Waals surface area contributed by atoms with E-state index in [1.54, 1.807) is 0 Å². The van der Waals surface area contributed by atoms with Crippen LogP contribution in [-0.2, 0) is 4.79 Å². The Morgan fingerprint density at radius 1 is 0.833 bits per heavy atom. The Hall–Kier alpha value is -4.05. The predicted molar refractivity (Wildman–Crippen MR) is 147 cm³/mol. The molecule has 0 aromatic heterocycles. The normalized spacial score (nSPS) is 19.1. The molecule has 2 N–H and O–H groups in total. The van der Waals surface area contributed by atoms with Crippen LogP contribution in [0.4, 0.5) is 11.4 Å². The van der Waals surface area contributed by atoms with Gasteiger partial charge in [0.25, 0.3) is 0 Å². The third-order valence-electron chi connectivity index (χ3n) is 7.27. The zero-order valence-electron chi connectivity index (χ0n) is 20.5. The highest BCUT2D eigenvalue weighted by atomic mass is 16.5. The fraction of sp³-hybridized carbons (Fsp3) is 0.219. The van der Waals surface area contributed by atoms with Crippen molar-refractivity contribution in [3.8, 4) is 5.75 Å². The van der Waals surface area contributed by atoms with Gasteiger partial charge >= 0.3 is 0 Å². The lowest BCUT2D eigenvalue weighted by Gasteiger charge is -2.30. The van der Waals surface area contributed by atoms with Crippen LogP contribution in [0.2, 0.25) is 0 Å². The molecule has 180 valence electrons. The SMILES string of the molecule is CCCOc1ccc(C2CC(=O)C3=C(C2)Nc2ccccc2NC3c2cccc3ccccc23)cc1. The van der Waals surface area contributed by atoms with E-state index >= 15 is 0 Å². The number of ketones is 1. The average molecular weight is 475 g/mol. The Morgan fingerprint density at radius 2 is 1.58 bits per heavy atom. The molecule has 0 fully saturated rings. The van der Waals surface area contributed by atoms with Gasteiger partial charge in [0.2, 0.25) is 0 Å². The second kappa shape index (κ2) is 9.54. The van der Waals surface area contributed by atoms with E-state index in [1.807, 2.05) is 24.3 Å². The van der Waals surface area contributed by atoms with Crippen LogP contribution in [-0.4, -0.2) is 12.4 Å². The molecule has 6 rings (SSSR count). The van der Waals surface area contributed by atoms with Gasteiger partial charge in [-0.2, -0.15) is 0 Å². The number of anilines is 2. The zero-order valence-corrected chi connectivity index (χ0v) is 20.5. The molecule has 4 aromatic carbocycles. The third-order valence-corrected chi connectivity index (χ3v) is 7.27. The highest BCUT2D eigenvalue weighted by Gasteiger charge is 2.36. The summed E-state index contributed by atoms with van der Waals surface area (Å²) in [7, 11) is 0. The number of fused-ring (bicyclic) bond motifs is 2. The molecule has 36 heavy (non-hydrogen) atoms. The van der Waals surface area contributed by atoms with Crippen molar-refractivity contribution in [3.05, 3.63) is 113 Å². The summed E-state index contributed by atoms with van der Waals surface area (Å²) < 4.78 is 5.76. The number of carbonyl (C=O) groups excluding carboxylic acids is 1. The zero-order chi connectivity index (χ0) is 24.5. The molecule has 2 aliphatic rings. The first-order valence-corrected chi connectivity index (χ1v) is 12.8. The van der Waals surface area contributed by atoms with Gasteiger partial charge in [0.05, 0.1) is 24.0 Å². The van der Waals surface area contributed by atoms with Gasteiger partial charge in [-0.15, -0.1) is 0 Å². The number of allylic oxidation sites excluding steroid dienone is 1. The van der Waals surface area contributed by atoms with Gasteiger partial charge in [-0.3, -0.25) is 4.79 Å². The van der Waals surface area contributed by atoms with Crippen molar-refractivity contribution in [2.45, 2.75) is 38.1 Å². The van der Waals surface area contributed by atoms with Crippen LogP contribution in [0.1, 0.15) is 49.3 Å².